The van der Waals surface area contributed by atoms with Crippen molar-refractivity contribution in [2.75, 3.05) is 31.7 Å². The quantitative estimate of drug-likeness (QED) is 0.856. The van der Waals surface area contributed by atoms with Gasteiger partial charge < -0.3 is 20.1 Å². The molecule has 1 saturated carbocycles. The highest BCUT2D eigenvalue weighted by molar-refractivity contribution is 6.04. The molecule has 1 aromatic carbocycles. The number of hydrogen-bond acceptors (Lipinski definition) is 4. The van der Waals surface area contributed by atoms with Crippen LogP contribution in [0.1, 0.15) is 23.7 Å². The maximum Gasteiger partial charge on any atom is 0.253 e. The Morgan fingerprint density at radius 2 is 2.12 bits per heavy atom. The zero-order valence-corrected chi connectivity index (χ0v) is 13.5. The standard InChI is InChI=1S/C17H21FN2O4/c1-10-6-13(10)17(22)20-15-3-2-11(18)7-14(15)16(21)19-8-12-9-23-4-5-24-12/h2-3,7,10,12-13H,4-6,8-9H2,1H3,(H,19,21)(H,20,22). The van der Waals surface area contributed by atoms with Crippen molar-refractivity contribution in [3.8, 4) is 0 Å². The summed E-state index contributed by atoms with van der Waals surface area (Å²) in [7, 11) is 0. The minimum atomic E-state index is -0.532. The molecule has 3 unspecified atom stereocenters. The van der Waals surface area contributed by atoms with Crippen LogP contribution in [-0.4, -0.2) is 44.3 Å². The molecule has 0 radical (unpaired) electrons. The van der Waals surface area contributed by atoms with Crippen LogP contribution < -0.4 is 10.6 Å². The molecule has 1 aromatic rings. The number of ether oxygens (including phenoxy) is 2. The number of hydrogen-bond donors (Lipinski definition) is 2. The summed E-state index contributed by atoms with van der Waals surface area (Å²) in [5.41, 5.74) is 0.423. The topological polar surface area (TPSA) is 76.7 Å². The predicted molar refractivity (Wildman–Crippen MR) is 85.2 cm³/mol. The molecule has 2 amide bonds. The third-order valence-corrected chi connectivity index (χ3v) is 4.31. The predicted octanol–water partition coefficient (Wildman–Crippen LogP) is 1.57. The summed E-state index contributed by atoms with van der Waals surface area (Å²) in [6, 6.07) is 3.76. The van der Waals surface area contributed by atoms with E-state index in [2.05, 4.69) is 10.6 Å². The van der Waals surface area contributed by atoms with Crippen LogP contribution in [0.5, 0.6) is 0 Å². The Kier molecular flexibility index (Phi) is 5.11. The first kappa shape index (κ1) is 16.9. The van der Waals surface area contributed by atoms with E-state index in [1.165, 1.54) is 12.1 Å². The highest BCUT2D eigenvalue weighted by Gasteiger charge is 2.39. The van der Waals surface area contributed by atoms with E-state index in [4.69, 9.17) is 9.47 Å². The smallest absolute Gasteiger partial charge is 0.253 e. The van der Waals surface area contributed by atoms with Crippen molar-refractivity contribution in [2.24, 2.45) is 11.8 Å². The van der Waals surface area contributed by atoms with Crippen LogP contribution in [0.2, 0.25) is 0 Å². The molecule has 0 spiro atoms. The molecule has 0 bridgehead atoms. The summed E-state index contributed by atoms with van der Waals surface area (Å²) in [5, 5.41) is 5.43. The van der Waals surface area contributed by atoms with Crippen molar-refractivity contribution in [2.45, 2.75) is 19.4 Å². The summed E-state index contributed by atoms with van der Waals surface area (Å²) in [6.45, 7) is 3.70. The molecule has 130 valence electrons. The first-order valence-electron chi connectivity index (χ1n) is 8.12. The molecule has 1 aliphatic heterocycles. The van der Waals surface area contributed by atoms with Crippen LogP contribution in [0, 0.1) is 17.7 Å². The molecule has 1 aliphatic carbocycles. The van der Waals surface area contributed by atoms with Crippen molar-refractivity contribution in [3.63, 3.8) is 0 Å². The van der Waals surface area contributed by atoms with Crippen LogP contribution in [0.15, 0.2) is 18.2 Å². The average Bonchev–Trinajstić information content (AvgIpc) is 3.32. The van der Waals surface area contributed by atoms with Gasteiger partial charge >= 0.3 is 0 Å². The Morgan fingerprint density at radius 1 is 1.33 bits per heavy atom. The Bertz CT molecular complexity index is 631. The van der Waals surface area contributed by atoms with Gasteiger partial charge in [0, 0.05) is 12.5 Å². The zero-order valence-electron chi connectivity index (χ0n) is 13.5. The van der Waals surface area contributed by atoms with E-state index in [1.54, 1.807) is 0 Å². The SMILES string of the molecule is CC1CC1C(=O)Nc1ccc(F)cc1C(=O)NCC1COCCO1. The van der Waals surface area contributed by atoms with Gasteiger partial charge in [0.15, 0.2) is 0 Å². The molecule has 3 rings (SSSR count). The van der Waals surface area contributed by atoms with E-state index < -0.39 is 11.7 Å². The molecule has 24 heavy (non-hydrogen) atoms. The fraction of sp³-hybridized carbons (Fsp3) is 0.529. The number of nitrogens with one attached hydrogen (secondary N) is 2. The van der Waals surface area contributed by atoms with Gasteiger partial charge in [-0.1, -0.05) is 6.92 Å². The second-order valence-electron chi connectivity index (χ2n) is 6.28. The third-order valence-electron chi connectivity index (χ3n) is 4.31. The summed E-state index contributed by atoms with van der Waals surface area (Å²) in [6.07, 6.45) is 0.620. The van der Waals surface area contributed by atoms with Crippen molar-refractivity contribution >= 4 is 17.5 Å². The van der Waals surface area contributed by atoms with E-state index in [9.17, 15) is 14.0 Å². The monoisotopic (exact) mass is 336 g/mol. The molecular formula is C17H21FN2O4. The van der Waals surface area contributed by atoms with Crippen LogP contribution in [0.4, 0.5) is 10.1 Å². The zero-order chi connectivity index (χ0) is 17.1. The van der Waals surface area contributed by atoms with Crippen molar-refractivity contribution in [1.29, 1.82) is 0 Å². The first-order chi connectivity index (χ1) is 11.5. The maximum atomic E-state index is 13.5. The summed E-state index contributed by atoms with van der Waals surface area (Å²) >= 11 is 0. The second kappa shape index (κ2) is 7.27. The average molecular weight is 336 g/mol. The molecule has 3 atom stereocenters. The highest BCUT2D eigenvalue weighted by Crippen LogP contribution is 2.38. The van der Waals surface area contributed by atoms with Crippen molar-refractivity contribution < 1.29 is 23.5 Å². The fourth-order valence-corrected chi connectivity index (χ4v) is 2.68. The van der Waals surface area contributed by atoms with Gasteiger partial charge in [-0.25, -0.2) is 4.39 Å². The third kappa shape index (κ3) is 4.10. The lowest BCUT2D eigenvalue weighted by Crippen LogP contribution is -2.40. The molecule has 7 heteroatoms. The lowest BCUT2D eigenvalue weighted by atomic mass is 10.1. The normalized spacial score (nSPS) is 25.8. The molecule has 2 aliphatic rings. The van der Waals surface area contributed by atoms with Gasteiger partial charge in [0.1, 0.15) is 5.82 Å². The lowest BCUT2D eigenvalue weighted by Gasteiger charge is -2.23. The van der Waals surface area contributed by atoms with Gasteiger partial charge in [-0.05, 0) is 30.5 Å². The van der Waals surface area contributed by atoms with Crippen LogP contribution in [-0.2, 0) is 14.3 Å². The van der Waals surface area contributed by atoms with E-state index >= 15 is 0 Å². The van der Waals surface area contributed by atoms with E-state index in [-0.39, 0.29) is 30.0 Å². The van der Waals surface area contributed by atoms with Gasteiger partial charge in [-0.2, -0.15) is 0 Å². The Hall–Kier alpha value is -1.99. The Morgan fingerprint density at radius 3 is 2.79 bits per heavy atom. The van der Waals surface area contributed by atoms with E-state index in [1.807, 2.05) is 6.92 Å². The Balaban J connectivity index is 1.65. The summed E-state index contributed by atoms with van der Waals surface area (Å²) < 4.78 is 24.3. The summed E-state index contributed by atoms with van der Waals surface area (Å²) in [4.78, 5) is 24.4. The minimum absolute atomic E-state index is 0.0289. The number of halogens is 1. The summed E-state index contributed by atoms with van der Waals surface area (Å²) in [5.74, 6) is -0.796. The molecule has 1 heterocycles. The van der Waals surface area contributed by atoms with Crippen LogP contribution in [0.3, 0.4) is 0 Å². The molecule has 2 N–H and O–H groups in total. The van der Waals surface area contributed by atoms with Gasteiger partial charge in [0.05, 0.1) is 37.2 Å². The number of carbonyl (C=O) groups is 2. The molecular weight excluding hydrogens is 315 g/mol. The molecule has 2 fully saturated rings. The van der Waals surface area contributed by atoms with Crippen LogP contribution in [0.25, 0.3) is 0 Å². The molecule has 1 saturated heterocycles. The number of amides is 2. The Labute approximate surface area is 139 Å². The van der Waals surface area contributed by atoms with E-state index in [0.29, 0.717) is 31.4 Å². The minimum Gasteiger partial charge on any atom is -0.376 e. The number of carbonyl (C=O) groups excluding carboxylic acids is 2. The number of rotatable bonds is 5. The lowest BCUT2D eigenvalue weighted by molar-refractivity contribution is -0.117. The van der Waals surface area contributed by atoms with Crippen molar-refractivity contribution in [3.05, 3.63) is 29.6 Å². The van der Waals surface area contributed by atoms with Gasteiger partial charge in [0.25, 0.3) is 5.91 Å². The second-order valence-corrected chi connectivity index (χ2v) is 6.28. The largest absolute Gasteiger partial charge is 0.376 e. The van der Waals surface area contributed by atoms with Crippen molar-refractivity contribution in [1.82, 2.24) is 5.32 Å². The number of benzene rings is 1. The van der Waals surface area contributed by atoms with Crippen LogP contribution >= 0.6 is 0 Å². The highest BCUT2D eigenvalue weighted by atomic mass is 19.1. The van der Waals surface area contributed by atoms with Gasteiger partial charge in [-0.15, -0.1) is 0 Å². The molecule has 0 aromatic heterocycles. The first-order valence-corrected chi connectivity index (χ1v) is 8.12. The van der Waals surface area contributed by atoms with Gasteiger partial charge in [0.2, 0.25) is 5.91 Å². The number of anilines is 1. The molecule has 6 nitrogen and oxygen atoms in total. The van der Waals surface area contributed by atoms with E-state index in [0.717, 1.165) is 12.5 Å². The van der Waals surface area contributed by atoms with Gasteiger partial charge in [-0.3, -0.25) is 9.59 Å². The maximum absolute atomic E-state index is 13.5. The fourth-order valence-electron chi connectivity index (χ4n) is 2.68.